The molecule has 5 nitrogen and oxygen atoms in total. The molecule has 20 heavy (non-hydrogen) atoms. The summed E-state index contributed by atoms with van der Waals surface area (Å²) in [4.78, 5) is 24.3. The van der Waals surface area contributed by atoms with Crippen LogP contribution >= 0.6 is 15.9 Å². The zero-order valence-electron chi connectivity index (χ0n) is 11.2. The van der Waals surface area contributed by atoms with E-state index in [4.69, 9.17) is 5.11 Å². The van der Waals surface area contributed by atoms with Crippen LogP contribution in [0.5, 0.6) is 0 Å². The van der Waals surface area contributed by atoms with Crippen molar-refractivity contribution in [2.24, 2.45) is 11.8 Å². The molecule has 6 heteroatoms. The SMILES string of the molecule is CC(C(=O)O)C1CN(C(=O)NCc2ccc(Br)cc2)C1. The van der Waals surface area contributed by atoms with Crippen LogP contribution in [-0.2, 0) is 11.3 Å². The number of carbonyl (C=O) groups excluding carboxylic acids is 1. The van der Waals surface area contributed by atoms with E-state index in [0.717, 1.165) is 10.0 Å². The lowest BCUT2D eigenvalue weighted by molar-refractivity contribution is -0.144. The Morgan fingerprint density at radius 3 is 2.55 bits per heavy atom. The molecule has 0 bridgehead atoms. The fraction of sp³-hybridized carbons (Fsp3) is 0.429. The van der Waals surface area contributed by atoms with Gasteiger partial charge in [-0.15, -0.1) is 0 Å². The van der Waals surface area contributed by atoms with E-state index in [1.54, 1.807) is 11.8 Å². The first-order valence-corrected chi connectivity index (χ1v) is 7.26. The third kappa shape index (κ3) is 3.50. The number of hydrogen-bond acceptors (Lipinski definition) is 2. The van der Waals surface area contributed by atoms with Gasteiger partial charge in [-0.25, -0.2) is 4.79 Å². The van der Waals surface area contributed by atoms with Gasteiger partial charge < -0.3 is 15.3 Å². The smallest absolute Gasteiger partial charge is 0.317 e. The van der Waals surface area contributed by atoms with Gasteiger partial charge in [-0.2, -0.15) is 0 Å². The van der Waals surface area contributed by atoms with Gasteiger partial charge in [0, 0.05) is 30.0 Å². The molecule has 1 unspecified atom stereocenters. The first kappa shape index (κ1) is 14.8. The quantitative estimate of drug-likeness (QED) is 0.883. The molecule has 0 saturated carbocycles. The summed E-state index contributed by atoms with van der Waals surface area (Å²) in [6, 6.07) is 7.60. The molecule has 2 N–H and O–H groups in total. The van der Waals surface area contributed by atoms with E-state index in [-0.39, 0.29) is 11.9 Å². The summed E-state index contributed by atoms with van der Waals surface area (Å²) in [6.07, 6.45) is 0. The Bertz CT molecular complexity index is 498. The second kappa shape index (κ2) is 6.26. The van der Waals surface area contributed by atoms with Gasteiger partial charge >= 0.3 is 12.0 Å². The van der Waals surface area contributed by atoms with E-state index in [9.17, 15) is 9.59 Å². The second-order valence-electron chi connectivity index (χ2n) is 5.08. The van der Waals surface area contributed by atoms with Crippen LogP contribution < -0.4 is 5.32 Å². The van der Waals surface area contributed by atoms with Gasteiger partial charge in [-0.05, 0) is 17.7 Å². The first-order valence-electron chi connectivity index (χ1n) is 6.47. The monoisotopic (exact) mass is 340 g/mol. The number of amides is 2. The molecule has 2 rings (SSSR count). The zero-order chi connectivity index (χ0) is 14.7. The Morgan fingerprint density at radius 1 is 1.40 bits per heavy atom. The molecule has 1 fully saturated rings. The summed E-state index contributed by atoms with van der Waals surface area (Å²) in [5.41, 5.74) is 1.03. The maximum atomic E-state index is 11.9. The molecular formula is C14H17BrN2O3. The molecule has 0 aromatic heterocycles. The molecule has 2 amide bonds. The van der Waals surface area contributed by atoms with Gasteiger partial charge in [0.25, 0.3) is 0 Å². The summed E-state index contributed by atoms with van der Waals surface area (Å²) in [5, 5.41) is 11.7. The van der Waals surface area contributed by atoms with Gasteiger partial charge in [-0.3, -0.25) is 4.79 Å². The maximum absolute atomic E-state index is 11.9. The number of urea groups is 1. The van der Waals surface area contributed by atoms with Crippen LogP contribution in [0.3, 0.4) is 0 Å². The molecule has 1 aromatic carbocycles. The number of rotatable bonds is 4. The highest BCUT2D eigenvalue weighted by Gasteiger charge is 2.36. The Balaban J connectivity index is 1.75. The average Bonchev–Trinajstić information content (AvgIpc) is 2.36. The normalized spacial score (nSPS) is 16.4. The number of likely N-dealkylation sites (tertiary alicyclic amines) is 1. The summed E-state index contributed by atoms with van der Waals surface area (Å²) < 4.78 is 1.00. The average molecular weight is 341 g/mol. The van der Waals surface area contributed by atoms with Crippen LogP contribution in [0, 0.1) is 11.8 Å². The van der Waals surface area contributed by atoms with Crippen molar-refractivity contribution in [3.63, 3.8) is 0 Å². The highest BCUT2D eigenvalue weighted by atomic mass is 79.9. The lowest BCUT2D eigenvalue weighted by atomic mass is 9.87. The van der Waals surface area contributed by atoms with Crippen molar-refractivity contribution in [2.75, 3.05) is 13.1 Å². The van der Waals surface area contributed by atoms with Crippen LogP contribution in [0.4, 0.5) is 4.79 Å². The number of carboxylic acids is 1. The number of carboxylic acid groups (broad SMARTS) is 1. The van der Waals surface area contributed by atoms with Crippen LogP contribution in [0.2, 0.25) is 0 Å². The summed E-state index contributed by atoms with van der Waals surface area (Å²) in [6.45, 7) is 3.19. The van der Waals surface area contributed by atoms with Gasteiger partial charge in [0.1, 0.15) is 0 Å². The van der Waals surface area contributed by atoms with Crippen LogP contribution in [0.1, 0.15) is 12.5 Å². The van der Waals surface area contributed by atoms with E-state index in [1.807, 2.05) is 24.3 Å². The van der Waals surface area contributed by atoms with Crippen LogP contribution in [0.15, 0.2) is 28.7 Å². The Labute approximate surface area is 126 Å². The van der Waals surface area contributed by atoms with E-state index in [2.05, 4.69) is 21.2 Å². The number of carbonyl (C=O) groups is 2. The minimum absolute atomic E-state index is 0.0610. The second-order valence-corrected chi connectivity index (χ2v) is 5.99. The third-order valence-electron chi connectivity index (χ3n) is 3.65. The largest absolute Gasteiger partial charge is 0.481 e. The van der Waals surface area contributed by atoms with Gasteiger partial charge in [-0.1, -0.05) is 35.0 Å². The highest BCUT2D eigenvalue weighted by molar-refractivity contribution is 9.10. The number of nitrogens with zero attached hydrogens (tertiary/aromatic N) is 1. The molecule has 1 heterocycles. The van der Waals surface area contributed by atoms with Gasteiger partial charge in [0.2, 0.25) is 0 Å². The summed E-state index contributed by atoms with van der Waals surface area (Å²) >= 11 is 3.36. The Morgan fingerprint density at radius 2 is 2.00 bits per heavy atom. The molecule has 1 aromatic rings. The number of benzene rings is 1. The van der Waals surface area contributed by atoms with Crippen LogP contribution in [-0.4, -0.2) is 35.1 Å². The van der Waals surface area contributed by atoms with Gasteiger partial charge in [0.15, 0.2) is 0 Å². The topological polar surface area (TPSA) is 69.6 Å². The van der Waals surface area contributed by atoms with E-state index in [0.29, 0.717) is 19.6 Å². The number of hydrogen-bond donors (Lipinski definition) is 2. The predicted octanol–water partition coefficient (Wildman–Crippen LogP) is 2.31. The van der Waals surface area contributed by atoms with Crippen molar-refractivity contribution in [1.29, 1.82) is 0 Å². The zero-order valence-corrected chi connectivity index (χ0v) is 12.8. The van der Waals surface area contributed by atoms with E-state index in [1.165, 1.54) is 0 Å². The lowest BCUT2D eigenvalue weighted by Crippen LogP contribution is -2.56. The molecule has 0 aliphatic carbocycles. The number of nitrogens with one attached hydrogen (secondary N) is 1. The highest BCUT2D eigenvalue weighted by Crippen LogP contribution is 2.23. The minimum atomic E-state index is -0.801. The molecule has 1 atom stereocenters. The van der Waals surface area contributed by atoms with Crippen molar-refractivity contribution in [3.8, 4) is 0 Å². The Hall–Kier alpha value is -1.56. The van der Waals surface area contributed by atoms with Gasteiger partial charge in [0.05, 0.1) is 5.92 Å². The fourth-order valence-corrected chi connectivity index (χ4v) is 2.35. The molecule has 0 spiro atoms. The lowest BCUT2D eigenvalue weighted by Gasteiger charge is -2.41. The van der Waals surface area contributed by atoms with Crippen molar-refractivity contribution in [2.45, 2.75) is 13.5 Å². The number of halogens is 1. The molecular weight excluding hydrogens is 324 g/mol. The summed E-state index contributed by atoms with van der Waals surface area (Å²) in [7, 11) is 0. The molecule has 0 radical (unpaired) electrons. The molecule has 108 valence electrons. The van der Waals surface area contributed by atoms with E-state index >= 15 is 0 Å². The van der Waals surface area contributed by atoms with Crippen LogP contribution in [0.25, 0.3) is 0 Å². The standard InChI is InChI=1S/C14H17BrN2O3/c1-9(13(18)19)11-7-17(8-11)14(20)16-6-10-2-4-12(15)5-3-10/h2-5,9,11H,6-8H2,1H3,(H,16,20)(H,18,19). The molecule has 1 aliphatic rings. The molecule has 1 saturated heterocycles. The maximum Gasteiger partial charge on any atom is 0.317 e. The van der Waals surface area contributed by atoms with E-state index < -0.39 is 11.9 Å². The summed E-state index contributed by atoms with van der Waals surface area (Å²) in [5.74, 6) is -1.14. The predicted molar refractivity (Wildman–Crippen MR) is 78.2 cm³/mol. The minimum Gasteiger partial charge on any atom is -0.481 e. The number of aliphatic carboxylic acids is 1. The fourth-order valence-electron chi connectivity index (χ4n) is 2.09. The van der Waals surface area contributed by atoms with Crippen molar-refractivity contribution < 1.29 is 14.7 Å². The Kier molecular flexibility index (Phi) is 4.65. The van der Waals surface area contributed by atoms with Crippen molar-refractivity contribution >= 4 is 27.9 Å². The molecule has 1 aliphatic heterocycles. The first-order chi connectivity index (χ1) is 9.47. The van der Waals surface area contributed by atoms with Crippen molar-refractivity contribution in [1.82, 2.24) is 10.2 Å². The van der Waals surface area contributed by atoms with Crippen molar-refractivity contribution in [3.05, 3.63) is 34.3 Å². The third-order valence-corrected chi connectivity index (χ3v) is 4.18.